The highest BCUT2D eigenvalue weighted by Gasteiger charge is 2.44. The van der Waals surface area contributed by atoms with Gasteiger partial charge in [-0.25, -0.2) is 14.6 Å². The average Bonchev–Trinajstić information content (AvgIpc) is 3.14. The van der Waals surface area contributed by atoms with E-state index in [1.165, 1.54) is 23.9 Å². The third-order valence-electron chi connectivity index (χ3n) is 4.10. The molecule has 0 spiro atoms. The zero-order valence-corrected chi connectivity index (χ0v) is 14.3. The van der Waals surface area contributed by atoms with Gasteiger partial charge in [0.25, 0.3) is 0 Å². The van der Waals surface area contributed by atoms with E-state index in [4.69, 9.17) is 4.74 Å². The van der Waals surface area contributed by atoms with Crippen molar-refractivity contribution in [2.75, 3.05) is 12.4 Å². The number of hydrogen-bond acceptors (Lipinski definition) is 8. The molecule has 1 saturated heterocycles. The Morgan fingerprint density at radius 1 is 1.25 bits per heavy atom. The maximum Gasteiger partial charge on any atom is 0.181 e. The van der Waals surface area contributed by atoms with Gasteiger partial charge in [0, 0.05) is 0 Å². The lowest BCUT2D eigenvalue weighted by Gasteiger charge is -2.15. The number of hydrogen-bond donors (Lipinski definition) is 3. The van der Waals surface area contributed by atoms with Crippen molar-refractivity contribution in [1.82, 2.24) is 19.7 Å². The van der Waals surface area contributed by atoms with Crippen LogP contribution >= 0.6 is 11.8 Å². The lowest BCUT2D eigenvalue weighted by atomic mass is 10.1. The summed E-state index contributed by atoms with van der Waals surface area (Å²) < 4.78 is 6.96. The molecule has 0 saturated carbocycles. The second kappa shape index (κ2) is 7.75. The van der Waals surface area contributed by atoms with Crippen molar-refractivity contribution in [3.63, 3.8) is 0 Å². The summed E-state index contributed by atoms with van der Waals surface area (Å²) in [5.74, 6) is 0.971. The SMILES string of the molecule is CCCCCSc1ncnc2c1cnn2C1O[C@H](CO)[C@@H](O)[C@H]1O. The van der Waals surface area contributed by atoms with Crippen molar-refractivity contribution >= 4 is 22.8 Å². The minimum Gasteiger partial charge on any atom is -0.394 e. The topological polar surface area (TPSA) is 114 Å². The molecule has 3 rings (SSSR count). The van der Waals surface area contributed by atoms with Crippen molar-refractivity contribution in [2.45, 2.75) is 55.8 Å². The number of fused-ring (bicyclic) bond motifs is 1. The molecule has 8 nitrogen and oxygen atoms in total. The largest absolute Gasteiger partial charge is 0.394 e. The Morgan fingerprint density at radius 3 is 2.79 bits per heavy atom. The van der Waals surface area contributed by atoms with Crippen molar-refractivity contribution in [2.24, 2.45) is 0 Å². The third-order valence-corrected chi connectivity index (χ3v) is 5.19. The highest BCUT2D eigenvalue weighted by Crippen LogP contribution is 2.32. The van der Waals surface area contributed by atoms with Crippen LogP contribution in [0.3, 0.4) is 0 Å². The summed E-state index contributed by atoms with van der Waals surface area (Å²) in [7, 11) is 0. The molecule has 2 aromatic rings. The lowest BCUT2D eigenvalue weighted by Crippen LogP contribution is -2.33. The monoisotopic (exact) mass is 354 g/mol. The fourth-order valence-electron chi connectivity index (χ4n) is 2.75. The lowest BCUT2D eigenvalue weighted by molar-refractivity contribution is -0.0566. The van der Waals surface area contributed by atoms with E-state index < -0.39 is 24.5 Å². The normalized spacial score (nSPS) is 27.2. The fourth-order valence-corrected chi connectivity index (χ4v) is 3.71. The third kappa shape index (κ3) is 3.27. The Morgan fingerprint density at radius 2 is 2.08 bits per heavy atom. The summed E-state index contributed by atoms with van der Waals surface area (Å²) in [6, 6.07) is 0. The van der Waals surface area contributed by atoms with Gasteiger partial charge in [0.15, 0.2) is 11.9 Å². The molecule has 132 valence electrons. The molecule has 4 atom stereocenters. The Labute approximate surface area is 143 Å². The molecule has 2 aromatic heterocycles. The average molecular weight is 354 g/mol. The minimum absolute atomic E-state index is 0.374. The fraction of sp³-hybridized carbons (Fsp3) is 0.667. The van der Waals surface area contributed by atoms with Crippen LogP contribution < -0.4 is 0 Å². The second-order valence-electron chi connectivity index (χ2n) is 5.79. The van der Waals surface area contributed by atoms with Crippen LogP contribution in [0.15, 0.2) is 17.6 Å². The van der Waals surface area contributed by atoms with Crippen LogP contribution in [0.5, 0.6) is 0 Å². The van der Waals surface area contributed by atoms with Gasteiger partial charge in [-0.1, -0.05) is 19.8 Å². The summed E-state index contributed by atoms with van der Waals surface area (Å²) in [5.41, 5.74) is 0.540. The van der Waals surface area contributed by atoms with E-state index in [1.54, 1.807) is 18.0 Å². The van der Waals surface area contributed by atoms with Gasteiger partial charge in [-0.2, -0.15) is 5.10 Å². The smallest absolute Gasteiger partial charge is 0.181 e. The van der Waals surface area contributed by atoms with Gasteiger partial charge in [-0.05, 0) is 12.2 Å². The number of aromatic nitrogens is 4. The molecule has 24 heavy (non-hydrogen) atoms. The second-order valence-corrected chi connectivity index (χ2v) is 6.87. The van der Waals surface area contributed by atoms with Gasteiger partial charge in [-0.3, -0.25) is 0 Å². The van der Waals surface area contributed by atoms with Crippen LogP contribution in [0.25, 0.3) is 11.0 Å². The Hall–Kier alpha value is -1.26. The molecule has 0 aromatic carbocycles. The van der Waals surface area contributed by atoms with Crippen LogP contribution in [0.4, 0.5) is 0 Å². The van der Waals surface area contributed by atoms with Crippen molar-refractivity contribution < 1.29 is 20.1 Å². The standard InChI is InChI=1S/C15H22N4O4S/c1-2-3-4-5-24-14-9-6-18-19(13(9)16-8-17-14)15-12(22)11(21)10(7-20)23-15/h6,8,10-12,15,20-22H,2-5,7H2,1H3/t10-,11-,12-,15?/m1/s1. The van der Waals surface area contributed by atoms with Crippen LogP contribution in [0.2, 0.25) is 0 Å². The summed E-state index contributed by atoms with van der Waals surface area (Å²) in [6.45, 7) is 1.79. The first-order chi connectivity index (χ1) is 11.7. The molecule has 3 heterocycles. The molecule has 0 radical (unpaired) electrons. The summed E-state index contributed by atoms with van der Waals surface area (Å²) >= 11 is 1.65. The van der Waals surface area contributed by atoms with E-state index in [2.05, 4.69) is 22.0 Å². The predicted octanol–water partition coefficient (Wildman–Crippen LogP) is 0.720. The van der Waals surface area contributed by atoms with Gasteiger partial charge in [0.2, 0.25) is 0 Å². The highest BCUT2D eigenvalue weighted by atomic mass is 32.2. The van der Waals surface area contributed by atoms with Crippen LogP contribution in [-0.2, 0) is 4.74 Å². The quantitative estimate of drug-likeness (QED) is 0.379. The minimum atomic E-state index is -1.18. The Kier molecular flexibility index (Phi) is 5.67. The van der Waals surface area contributed by atoms with Gasteiger partial charge in [-0.15, -0.1) is 11.8 Å². The Bertz CT molecular complexity index is 683. The van der Waals surface area contributed by atoms with Crippen LogP contribution in [0, 0.1) is 0 Å². The van der Waals surface area contributed by atoms with Gasteiger partial charge in [0.1, 0.15) is 29.7 Å². The molecule has 9 heteroatoms. The van der Waals surface area contributed by atoms with E-state index in [0.29, 0.717) is 5.65 Å². The summed E-state index contributed by atoms with van der Waals surface area (Å²) in [6.07, 6.45) is 2.51. The molecular formula is C15H22N4O4S. The number of rotatable bonds is 7. The number of nitrogens with zero attached hydrogens (tertiary/aromatic N) is 4. The van der Waals surface area contributed by atoms with E-state index in [9.17, 15) is 15.3 Å². The molecule has 0 amide bonds. The molecule has 0 aliphatic carbocycles. The van der Waals surface area contributed by atoms with Gasteiger partial charge in [0.05, 0.1) is 18.2 Å². The van der Waals surface area contributed by atoms with Crippen molar-refractivity contribution in [1.29, 1.82) is 0 Å². The van der Waals surface area contributed by atoms with E-state index in [0.717, 1.165) is 22.6 Å². The van der Waals surface area contributed by atoms with E-state index >= 15 is 0 Å². The number of aliphatic hydroxyl groups excluding tert-OH is 3. The molecular weight excluding hydrogens is 332 g/mol. The maximum atomic E-state index is 10.2. The van der Waals surface area contributed by atoms with E-state index in [-0.39, 0.29) is 6.61 Å². The number of unbranched alkanes of at least 4 members (excludes halogenated alkanes) is 2. The highest BCUT2D eigenvalue weighted by molar-refractivity contribution is 7.99. The van der Waals surface area contributed by atoms with Crippen molar-refractivity contribution in [3.8, 4) is 0 Å². The van der Waals surface area contributed by atoms with Gasteiger partial charge >= 0.3 is 0 Å². The molecule has 1 aliphatic heterocycles. The zero-order valence-electron chi connectivity index (χ0n) is 13.4. The maximum absolute atomic E-state index is 10.2. The predicted molar refractivity (Wildman–Crippen MR) is 88.6 cm³/mol. The first kappa shape index (κ1) is 17.6. The summed E-state index contributed by atoms with van der Waals surface area (Å²) in [5, 5.41) is 35.2. The molecule has 0 bridgehead atoms. The zero-order chi connectivity index (χ0) is 17.1. The first-order valence-corrected chi connectivity index (χ1v) is 9.09. The Balaban J connectivity index is 1.83. The van der Waals surface area contributed by atoms with Crippen LogP contribution in [0.1, 0.15) is 32.4 Å². The number of aliphatic hydroxyl groups is 3. The van der Waals surface area contributed by atoms with Crippen LogP contribution in [-0.4, -0.2) is 65.7 Å². The number of thioether (sulfide) groups is 1. The van der Waals surface area contributed by atoms with Crippen molar-refractivity contribution in [3.05, 3.63) is 12.5 Å². The molecule has 3 N–H and O–H groups in total. The first-order valence-electron chi connectivity index (χ1n) is 8.10. The number of ether oxygens (including phenoxy) is 1. The van der Waals surface area contributed by atoms with E-state index in [1.807, 2.05) is 0 Å². The molecule has 1 fully saturated rings. The van der Waals surface area contributed by atoms with Gasteiger partial charge < -0.3 is 20.1 Å². The molecule has 1 unspecified atom stereocenters. The summed E-state index contributed by atoms with van der Waals surface area (Å²) in [4.78, 5) is 8.56. The molecule has 1 aliphatic rings.